The normalized spacial score (nSPS) is 23.4. The van der Waals surface area contributed by atoms with Crippen LogP contribution in [0.4, 0.5) is 5.82 Å². The van der Waals surface area contributed by atoms with Gasteiger partial charge in [0.1, 0.15) is 17.4 Å². The van der Waals surface area contributed by atoms with Crippen LogP contribution in [-0.4, -0.2) is 40.6 Å². The predicted molar refractivity (Wildman–Crippen MR) is 104 cm³/mol. The van der Waals surface area contributed by atoms with Gasteiger partial charge in [-0.3, -0.25) is 4.90 Å². The Morgan fingerprint density at radius 1 is 1.19 bits per heavy atom. The molecule has 0 spiro atoms. The highest BCUT2D eigenvalue weighted by Crippen LogP contribution is 2.42. The topological polar surface area (TPSA) is 50.3 Å². The summed E-state index contributed by atoms with van der Waals surface area (Å²) in [5, 5.41) is 3.70. The third kappa shape index (κ3) is 3.54. The van der Waals surface area contributed by atoms with E-state index in [0.29, 0.717) is 18.0 Å². The highest BCUT2D eigenvalue weighted by molar-refractivity contribution is 5.39. The summed E-state index contributed by atoms with van der Waals surface area (Å²) >= 11 is 0. The minimum absolute atomic E-state index is 0.331. The number of nitrogens with one attached hydrogen (secondary N) is 1. The fraction of sp³-hybridized carbons (Fsp3) is 0.524. The van der Waals surface area contributed by atoms with E-state index in [4.69, 9.17) is 9.72 Å². The molecule has 5 heteroatoms. The van der Waals surface area contributed by atoms with Gasteiger partial charge in [-0.2, -0.15) is 0 Å². The number of benzene rings is 1. The van der Waals surface area contributed by atoms with E-state index < -0.39 is 0 Å². The zero-order valence-corrected chi connectivity index (χ0v) is 15.9. The molecule has 1 aliphatic heterocycles. The molecule has 1 aromatic heterocycles. The number of hydrogen-bond acceptors (Lipinski definition) is 5. The average Bonchev–Trinajstić information content (AvgIpc) is 3.43. The van der Waals surface area contributed by atoms with Crippen molar-refractivity contribution in [2.75, 3.05) is 19.0 Å². The maximum absolute atomic E-state index is 5.46. The molecule has 138 valence electrons. The van der Waals surface area contributed by atoms with Gasteiger partial charge in [-0.05, 0) is 43.0 Å². The third-order valence-corrected chi connectivity index (χ3v) is 5.41. The van der Waals surface area contributed by atoms with Gasteiger partial charge < -0.3 is 10.1 Å². The Balaban J connectivity index is 1.60. The van der Waals surface area contributed by atoms with Crippen molar-refractivity contribution in [1.29, 1.82) is 0 Å². The number of aromatic nitrogens is 2. The first-order valence-electron chi connectivity index (χ1n) is 9.65. The first-order valence-corrected chi connectivity index (χ1v) is 9.65. The Morgan fingerprint density at radius 2 is 2.04 bits per heavy atom. The summed E-state index contributed by atoms with van der Waals surface area (Å²) in [7, 11) is 1.73. The van der Waals surface area contributed by atoms with Crippen LogP contribution >= 0.6 is 0 Å². The van der Waals surface area contributed by atoms with Crippen LogP contribution in [0.15, 0.2) is 36.5 Å². The van der Waals surface area contributed by atoms with E-state index in [1.165, 1.54) is 18.4 Å². The lowest BCUT2D eigenvalue weighted by atomic mass is 9.99. The molecule has 2 unspecified atom stereocenters. The zero-order valence-electron chi connectivity index (χ0n) is 15.9. The lowest BCUT2D eigenvalue weighted by molar-refractivity contribution is 0.240. The van der Waals surface area contributed by atoms with Gasteiger partial charge in [0.2, 0.25) is 0 Å². The van der Waals surface area contributed by atoms with Crippen LogP contribution in [0, 0.1) is 0 Å². The molecule has 0 radical (unpaired) electrons. The summed E-state index contributed by atoms with van der Waals surface area (Å²) in [6.07, 6.45) is 5.62. The second-order valence-corrected chi connectivity index (χ2v) is 7.68. The predicted octanol–water partition coefficient (Wildman–Crippen LogP) is 4.00. The number of anilines is 1. The van der Waals surface area contributed by atoms with Crippen LogP contribution in [0.3, 0.4) is 0 Å². The SMILES string of the molecule is COc1cccc(C2C(Nc3ccnc(C(C)C)n3)CCN2C2CC2)c1. The molecule has 1 saturated carbocycles. The number of likely N-dealkylation sites (tertiary alicyclic amines) is 1. The van der Waals surface area contributed by atoms with E-state index in [1.807, 2.05) is 18.3 Å². The zero-order chi connectivity index (χ0) is 18.1. The molecule has 2 heterocycles. The molecule has 26 heavy (non-hydrogen) atoms. The second kappa shape index (κ2) is 7.23. The number of methoxy groups -OCH3 is 1. The minimum atomic E-state index is 0.331. The van der Waals surface area contributed by atoms with E-state index in [0.717, 1.165) is 36.4 Å². The molecule has 2 aromatic rings. The lowest BCUT2D eigenvalue weighted by Gasteiger charge is -2.29. The van der Waals surface area contributed by atoms with Crippen molar-refractivity contribution in [1.82, 2.24) is 14.9 Å². The van der Waals surface area contributed by atoms with Crippen molar-refractivity contribution in [2.45, 2.75) is 57.2 Å². The van der Waals surface area contributed by atoms with Crippen molar-refractivity contribution in [3.05, 3.63) is 47.9 Å². The highest BCUT2D eigenvalue weighted by Gasteiger charge is 2.43. The van der Waals surface area contributed by atoms with Gasteiger partial charge in [-0.15, -0.1) is 0 Å². The summed E-state index contributed by atoms with van der Waals surface area (Å²) in [5.74, 6) is 3.08. The van der Waals surface area contributed by atoms with Crippen molar-refractivity contribution in [2.24, 2.45) is 0 Å². The summed E-state index contributed by atoms with van der Waals surface area (Å²) < 4.78 is 5.46. The van der Waals surface area contributed by atoms with Gasteiger partial charge in [-0.1, -0.05) is 26.0 Å². The smallest absolute Gasteiger partial charge is 0.133 e. The molecule has 4 rings (SSSR count). The van der Waals surface area contributed by atoms with Crippen molar-refractivity contribution >= 4 is 5.82 Å². The largest absolute Gasteiger partial charge is 0.497 e. The van der Waals surface area contributed by atoms with E-state index >= 15 is 0 Å². The molecule has 2 aliphatic rings. The molecule has 1 aromatic carbocycles. The first-order chi connectivity index (χ1) is 12.7. The number of nitrogens with zero attached hydrogens (tertiary/aromatic N) is 3. The van der Waals surface area contributed by atoms with Crippen LogP contribution < -0.4 is 10.1 Å². The molecule has 2 atom stereocenters. The van der Waals surface area contributed by atoms with Gasteiger partial charge in [0.15, 0.2) is 0 Å². The third-order valence-electron chi connectivity index (χ3n) is 5.41. The first kappa shape index (κ1) is 17.3. The number of ether oxygens (including phenoxy) is 1. The Morgan fingerprint density at radius 3 is 2.77 bits per heavy atom. The molecular weight excluding hydrogens is 324 g/mol. The highest BCUT2D eigenvalue weighted by atomic mass is 16.5. The molecule has 0 amide bonds. The summed E-state index contributed by atoms with van der Waals surface area (Å²) in [5.41, 5.74) is 1.32. The Bertz CT molecular complexity index is 759. The van der Waals surface area contributed by atoms with E-state index in [-0.39, 0.29) is 0 Å². The maximum atomic E-state index is 5.46. The Kier molecular flexibility index (Phi) is 4.81. The fourth-order valence-electron chi connectivity index (χ4n) is 3.95. The molecule has 1 N–H and O–H groups in total. The summed E-state index contributed by atoms with van der Waals surface area (Å²) in [4.78, 5) is 11.8. The standard InChI is InChI=1S/C21H28N4O/c1-14(2)21-22-11-9-19(24-21)23-18-10-12-25(16-7-8-16)20(18)15-5-4-6-17(13-15)26-3/h4-6,9,11,13-14,16,18,20H,7-8,10,12H2,1-3H3,(H,22,23,24). The van der Waals surface area contributed by atoms with Gasteiger partial charge in [0.05, 0.1) is 13.2 Å². The summed E-state index contributed by atoms with van der Waals surface area (Å²) in [6, 6.07) is 11.9. The number of rotatable bonds is 6. The second-order valence-electron chi connectivity index (χ2n) is 7.68. The van der Waals surface area contributed by atoms with Crippen LogP contribution in [0.2, 0.25) is 0 Å². The lowest BCUT2D eigenvalue weighted by Crippen LogP contribution is -2.33. The maximum Gasteiger partial charge on any atom is 0.133 e. The van der Waals surface area contributed by atoms with E-state index in [2.05, 4.69) is 47.2 Å². The van der Waals surface area contributed by atoms with Crippen LogP contribution in [0.25, 0.3) is 0 Å². The van der Waals surface area contributed by atoms with Crippen molar-refractivity contribution < 1.29 is 4.74 Å². The van der Waals surface area contributed by atoms with Crippen LogP contribution in [-0.2, 0) is 0 Å². The van der Waals surface area contributed by atoms with E-state index in [9.17, 15) is 0 Å². The monoisotopic (exact) mass is 352 g/mol. The molecule has 1 aliphatic carbocycles. The van der Waals surface area contributed by atoms with Crippen molar-refractivity contribution in [3.8, 4) is 5.75 Å². The number of hydrogen-bond donors (Lipinski definition) is 1. The van der Waals surface area contributed by atoms with Gasteiger partial charge in [0, 0.05) is 30.7 Å². The van der Waals surface area contributed by atoms with Gasteiger partial charge in [0.25, 0.3) is 0 Å². The quantitative estimate of drug-likeness (QED) is 0.852. The molecule has 5 nitrogen and oxygen atoms in total. The Labute approximate surface area is 155 Å². The summed E-state index contributed by atoms with van der Waals surface area (Å²) in [6.45, 7) is 5.39. The van der Waals surface area contributed by atoms with Crippen molar-refractivity contribution in [3.63, 3.8) is 0 Å². The van der Waals surface area contributed by atoms with Gasteiger partial charge in [-0.25, -0.2) is 9.97 Å². The van der Waals surface area contributed by atoms with Crippen LogP contribution in [0.1, 0.15) is 56.5 Å². The molecule has 2 fully saturated rings. The fourth-order valence-corrected chi connectivity index (χ4v) is 3.95. The molecular formula is C21H28N4O. The van der Waals surface area contributed by atoms with Crippen LogP contribution in [0.5, 0.6) is 5.75 Å². The minimum Gasteiger partial charge on any atom is -0.497 e. The molecule has 1 saturated heterocycles. The van der Waals surface area contributed by atoms with E-state index in [1.54, 1.807) is 7.11 Å². The average molecular weight is 352 g/mol. The van der Waals surface area contributed by atoms with Gasteiger partial charge >= 0.3 is 0 Å². The Hall–Kier alpha value is -2.14. The molecule has 0 bridgehead atoms.